The smallest absolute Gasteiger partial charge is 0.329 e. The van der Waals surface area contributed by atoms with Crippen LogP contribution in [0, 0.1) is 23.5 Å². The highest BCUT2D eigenvalue weighted by Crippen LogP contribution is 2.41. The van der Waals surface area contributed by atoms with E-state index in [2.05, 4.69) is 10.6 Å². The van der Waals surface area contributed by atoms with E-state index in [1.807, 2.05) is 27.7 Å². The van der Waals surface area contributed by atoms with Crippen molar-refractivity contribution >= 4 is 45.3 Å². The number of carbonyl (C=O) groups is 4. The lowest BCUT2D eigenvalue weighted by atomic mass is 10.0. The molecule has 0 aliphatic heterocycles. The van der Waals surface area contributed by atoms with Crippen LogP contribution in [-0.4, -0.2) is 47.0 Å². The van der Waals surface area contributed by atoms with Gasteiger partial charge in [0.15, 0.2) is 0 Å². The molecule has 0 heterocycles. The number of nitrogens with one attached hydrogen (secondary N) is 2. The highest BCUT2D eigenvalue weighted by molar-refractivity contribution is 8.76. The van der Waals surface area contributed by atoms with Gasteiger partial charge in [0.05, 0.1) is 11.1 Å². The molecule has 0 fully saturated rings. The Bertz CT molecular complexity index is 1300. The zero-order valence-electron chi connectivity index (χ0n) is 28.2. The molecule has 46 heavy (non-hydrogen) atoms. The van der Waals surface area contributed by atoms with E-state index in [4.69, 9.17) is 9.47 Å². The number of amides is 2. The fourth-order valence-corrected chi connectivity index (χ4v) is 6.55. The number of carbonyl (C=O) groups excluding carboxylic acids is 4. The molecule has 2 amide bonds. The quantitative estimate of drug-likeness (QED) is 0.163. The Hall–Kier alpha value is -3.12. The number of benzene rings is 2. The van der Waals surface area contributed by atoms with Gasteiger partial charge in [0, 0.05) is 9.79 Å². The lowest BCUT2D eigenvalue weighted by Gasteiger charge is -2.26. The van der Waals surface area contributed by atoms with Crippen molar-refractivity contribution in [3.05, 3.63) is 59.2 Å². The molecule has 254 valence electrons. The van der Waals surface area contributed by atoms with Crippen molar-refractivity contribution < 1.29 is 37.4 Å². The minimum Gasteiger partial charge on any atom is -0.458 e. The molecule has 2 aromatic carbocycles. The van der Waals surface area contributed by atoms with Crippen LogP contribution >= 0.6 is 21.6 Å². The second-order valence-corrected chi connectivity index (χ2v) is 16.0. The van der Waals surface area contributed by atoms with Gasteiger partial charge in [-0.2, -0.15) is 0 Å². The minimum absolute atomic E-state index is 0.0587. The number of esters is 2. The largest absolute Gasteiger partial charge is 0.458 e. The Kier molecular flexibility index (Phi) is 14.1. The first-order valence-electron chi connectivity index (χ1n) is 15.2. The van der Waals surface area contributed by atoms with Gasteiger partial charge in [-0.15, -0.1) is 0 Å². The third-order valence-corrected chi connectivity index (χ3v) is 8.45. The van der Waals surface area contributed by atoms with E-state index in [9.17, 15) is 28.0 Å². The van der Waals surface area contributed by atoms with Crippen LogP contribution in [0.25, 0.3) is 0 Å². The molecule has 2 aromatic rings. The second kappa shape index (κ2) is 16.6. The SMILES string of the molecule is CC(C)C[C@H](NC(=O)c1ccc(F)cc1SSc1cc(F)ccc1C(=O)N[C@H](CC(C)C)C(=O)OC(C)(C)C)C(=O)OC(C)(C)C. The highest BCUT2D eigenvalue weighted by Gasteiger charge is 2.30. The van der Waals surface area contributed by atoms with E-state index in [-0.39, 0.29) is 32.8 Å². The average molecular weight is 681 g/mol. The Morgan fingerprint density at radius 3 is 1.26 bits per heavy atom. The molecule has 0 saturated heterocycles. The summed E-state index contributed by atoms with van der Waals surface area (Å²) in [7, 11) is 1.89. The fourth-order valence-electron chi connectivity index (χ4n) is 4.18. The Morgan fingerprint density at radius 1 is 0.652 bits per heavy atom. The third-order valence-electron chi connectivity index (χ3n) is 6.01. The molecule has 2 atom stereocenters. The minimum atomic E-state index is -0.940. The Morgan fingerprint density at radius 2 is 0.978 bits per heavy atom. The van der Waals surface area contributed by atoms with E-state index in [1.54, 1.807) is 41.5 Å². The van der Waals surface area contributed by atoms with Crippen molar-refractivity contribution in [1.82, 2.24) is 10.6 Å². The summed E-state index contributed by atoms with van der Waals surface area (Å²) in [6.45, 7) is 18.0. The number of ether oxygens (including phenoxy) is 2. The number of hydrogen-bond acceptors (Lipinski definition) is 8. The van der Waals surface area contributed by atoms with Crippen LogP contribution in [-0.2, 0) is 19.1 Å². The van der Waals surface area contributed by atoms with Crippen molar-refractivity contribution in [2.75, 3.05) is 0 Å². The Labute approximate surface area is 278 Å². The van der Waals surface area contributed by atoms with Gasteiger partial charge in [-0.3, -0.25) is 9.59 Å². The second-order valence-electron chi connectivity index (χ2n) is 13.8. The van der Waals surface area contributed by atoms with Crippen LogP contribution in [0.4, 0.5) is 8.78 Å². The van der Waals surface area contributed by atoms with Crippen molar-refractivity contribution in [1.29, 1.82) is 0 Å². The zero-order chi connectivity index (χ0) is 35.0. The van der Waals surface area contributed by atoms with Gasteiger partial charge in [0.25, 0.3) is 11.8 Å². The summed E-state index contributed by atoms with van der Waals surface area (Å²) >= 11 is 0. The molecular formula is C34H46F2N2O6S2. The standard InChI is InChI=1S/C34H46F2N2O6S2/c1-19(2)15-25(31(41)43-33(5,6)7)37-29(39)23-13-11-21(35)17-27(23)45-46-28-18-22(36)12-14-24(28)30(40)38-26(16-20(3)4)32(42)44-34(8,9)10/h11-14,17-20,25-26H,15-16H2,1-10H3,(H,37,39)(H,38,40)/t25-,26+. The van der Waals surface area contributed by atoms with Crippen molar-refractivity contribution in [2.45, 2.75) is 115 Å². The summed E-state index contributed by atoms with van der Waals surface area (Å²) in [4.78, 5) is 53.0. The van der Waals surface area contributed by atoms with E-state index in [0.717, 1.165) is 45.9 Å². The van der Waals surface area contributed by atoms with Gasteiger partial charge in [-0.1, -0.05) is 49.3 Å². The van der Waals surface area contributed by atoms with Gasteiger partial charge in [0.2, 0.25) is 0 Å². The fraction of sp³-hybridized carbons (Fsp3) is 0.529. The van der Waals surface area contributed by atoms with Crippen LogP contribution in [0.5, 0.6) is 0 Å². The van der Waals surface area contributed by atoms with Crippen LogP contribution in [0.1, 0.15) is 103 Å². The predicted molar refractivity (Wildman–Crippen MR) is 178 cm³/mol. The van der Waals surface area contributed by atoms with Gasteiger partial charge in [0.1, 0.15) is 34.9 Å². The topological polar surface area (TPSA) is 111 Å². The summed E-state index contributed by atoms with van der Waals surface area (Å²) in [5.41, 5.74) is -1.36. The summed E-state index contributed by atoms with van der Waals surface area (Å²) < 4.78 is 39.8. The molecule has 0 radical (unpaired) electrons. The molecular weight excluding hydrogens is 635 g/mol. The maximum atomic E-state index is 14.4. The number of rotatable bonds is 13. The molecule has 0 spiro atoms. The van der Waals surface area contributed by atoms with E-state index >= 15 is 0 Å². The van der Waals surface area contributed by atoms with Gasteiger partial charge in [-0.05, 0) is 103 Å². The summed E-state index contributed by atoms with van der Waals surface area (Å²) in [6, 6.07) is 5.27. The Balaban J connectivity index is 2.34. The molecule has 8 nitrogen and oxygen atoms in total. The molecule has 0 aliphatic rings. The van der Waals surface area contributed by atoms with Crippen molar-refractivity contribution in [2.24, 2.45) is 11.8 Å². The van der Waals surface area contributed by atoms with Gasteiger partial charge >= 0.3 is 11.9 Å². The monoisotopic (exact) mass is 680 g/mol. The lowest BCUT2D eigenvalue weighted by molar-refractivity contribution is -0.158. The molecule has 2 N–H and O–H groups in total. The molecule has 12 heteroatoms. The van der Waals surface area contributed by atoms with Crippen LogP contribution in [0.15, 0.2) is 46.2 Å². The number of hydrogen-bond donors (Lipinski definition) is 2. The van der Waals surface area contributed by atoms with Crippen molar-refractivity contribution in [3.8, 4) is 0 Å². The molecule has 0 unspecified atom stereocenters. The maximum absolute atomic E-state index is 14.4. The van der Waals surface area contributed by atoms with Gasteiger partial charge in [-0.25, -0.2) is 18.4 Å². The van der Waals surface area contributed by atoms with Crippen LogP contribution in [0.3, 0.4) is 0 Å². The molecule has 0 aliphatic carbocycles. The maximum Gasteiger partial charge on any atom is 0.329 e. The number of halogens is 2. The first-order valence-corrected chi connectivity index (χ1v) is 17.3. The summed E-state index contributed by atoms with van der Waals surface area (Å²) in [6.07, 6.45) is 0.643. The average Bonchev–Trinajstić information content (AvgIpc) is 2.88. The summed E-state index contributed by atoms with van der Waals surface area (Å²) in [5.74, 6) is -3.52. The predicted octanol–water partition coefficient (Wildman–Crippen LogP) is 7.74. The molecule has 0 aromatic heterocycles. The lowest BCUT2D eigenvalue weighted by Crippen LogP contribution is -2.45. The van der Waals surface area contributed by atoms with E-state index in [1.165, 1.54) is 12.1 Å². The normalized spacial score (nSPS) is 13.3. The first-order chi connectivity index (χ1) is 21.1. The zero-order valence-corrected chi connectivity index (χ0v) is 29.8. The molecule has 0 saturated carbocycles. The van der Waals surface area contributed by atoms with Crippen LogP contribution < -0.4 is 10.6 Å². The summed E-state index contributed by atoms with van der Waals surface area (Å²) in [5, 5.41) is 5.44. The third kappa shape index (κ3) is 13.3. The molecule has 0 bridgehead atoms. The van der Waals surface area contributed by atoms with E-state index < -0.39 is 58.7 Å². The van der Waals surface area contributed by atoms with Gasteiger partial charge < -0.3 is 20.1 Å². The first kappa shape index (κ1) is 39.1. The van der Waals surface area contributed by atoms with Crippen molar-refractivity contribution in [3.63, 3.8) is 0 Å². The van der Waals surface area contributed by atoms with Crippen LogP contribution in [0.2, 0.25) is 0 Å². The molecule has 2 rings (SSSR count). The highest BCUT2D eigenvalue weighted by atomic mass is 33.1. The van der Waals surface area contributed by atoms with E-state index in [0.29, 0.717) is 12.8 Å².